The Hall–Kier alpha value is -3.67. The summed E-state index contributed by atoms with van der Waals surface area (Å²) >= 11 is 0. The Morgan fingerprint density at radius 2 is 0.631 bits per heavy atom. The molecule has 0 radical (unpaired) electrons. The van der Waals surface area contributed by atoms with E-state index in [-0.39, 0.29) is 31.6 Å². The Bertz CT molecular complexity index is 1310. The van der Waals surface area contributed by atoms with Gasteiger partial charge in [-0.25, -0.2) is 0 Å². The van der Waals surface area contributed by atoms with Gasteiger partial charge < -0.3 is 14.2 Å². The van der Waals surface area contributed by atoms with E-state index in [2.05, 4.69) is 106 Å². The fourth-order valence-corrected chi connectivity index (χ4v) is 7.15. The molecule has 0 spiro atoms. The van der Waals surface area contributed by atoms with Crippen LogP contribution in [0.4, 0.5) is 0 Å². The van der Waals surface area contributed by atoms with Crippen molar-refractivity contribution in [2.24, 2.45) is 0 Å². The summed E-state index contributed by atoms with van der Waals surface area (Å²) in [5.74, 6) is -0.998. The number of rotatable bonds is 47. The fraction of sp³-hybridized carbons (Fsp3) is 0.678. The van der Waals surface area contributed by atoms with Gasteiger partial charge in [-0.05, 0) is 83.5 Å². The number of allylic oxidation sites excluding steroid dienone is 16. The van der Waals surface area contributed by atoms with E-state index in [0.29, 0.717) is 19.3 Å². The average Bonchev–Trinajstić information content (AvgIpc) is 3.30. The summed E-state index contributed by atoms with van der Waals surface area (Å²) in [6.07, 6.45) is 69.8. The molecule has 0 aromatic rings. The molecular weight excluding hydrogens is 805 g/mol. The summed E-state index contributed by atoms with van der Waals surface area (Å²) in [5, 5.41) is 0. The van der Waals surface area contributed by atoms with E-state index in [1.165, 1.54) is 96.3 Å². The molecule has 0 aromatic heterocycles. The van der Waals surface area contributed by atoms with Crippen molar-refractivity contribution in [3.63, 3.8) is 0 Å². The number of hydrogen-bond acceptors (Lipinski definition) is 6. The van der Waals surface area contributed by atoms with E-state index >= 15 is 0 Å². The van der Waals surface area contributed by atoms with Gasteiger partial charge in [0.05, 0.1) is 0 Å². The molecule has 0 aliphatic rings. The first kappa shape index (κ1) is 61.3. The van der Waals surface area contributed by atoms with Gasteiger partial charge in [0, 0.05) is 19.3 Å². The van der Waals surface area contributed by atoms with Crippen molar-refractivity contribution in [2.45, 2.75) is 245 Å². The summed E-state index contributed by atoms with van der Waals surface area (Å²) in [7, 11) is 0. The highest BCUT2D eigenvalue weighted by molar-refractivity contribution is 5.71. The van der Waals surface area contributed by atoms with E-state index in [4.69, 9.17) is 14.2 Å². The van der Waals surface area contributed by atoms with Crippen LogP contribution >= 0.6 is 0 Å². The zero-order valence-corrected chi connectivity index (χ0v) is 42.2. The maximum Gasteiger partial charge on any atom is 0.306 e. The standard InChI is InChI=1S/C59H98O6/c1-4-7-10-13-16-19-22-25-26-27-28-29-30-31-32-35-37-40-43-46-49-52-58(61)64-55-56(65-59(62)53-50-47-44-41-38-34-24-21-18-15-12-9-6-3)54-63-57(60)51-48-45-42-39-36-33-23-20-17-14-11-8-5-2/h7,9-10,12,16,18-19,21,25-26,28-29,34,38,44,47,56H,4-6,8,11,13-15,17,20,22-24,27,30-33,35-37,39-43,45-46,48-55H2,1-3H3/b10-7-,12-9-,19-16-,21-18-,26-25-,29-28-,38-34-,47-44-. The molecule has 0 fully saturated rings. The van der Waals surface area contributed by atoms with Crippen molar-refractivity contribution < 1.29 is 28.6 Å². The number of unbranched alkanes of at least 4 members (excludes halogenated alkanes) is 20. The second kappa shape index (κ2) is 52.9. The smallest absolute Gasteiger partial charge is 0.306 e. The molecule has 0 saturated carbocycles. The van der Waals surface area contributed by atoms with Crippen LogP contribution in [0.1, 0.15) is 239 Å². The van der Waals surface area contributed by atoms with E-state index in [0.717, 1.165) is 96.3 Å². The van der Waals surface area contributed by atoms with Crippen molar-refractivity contribution in [3.05, 3.63) is 97.2 Å². The van der Waals surface area contributed by atoms with E-state index < -0.39 is 12.1 Å². The lowest BCUT2D eigenvalue weighted by Gasteiger charge is -2.18. The number of ether oxygens (including phenoxy) is 3. The van der Waals surface area contributed by atoms with Crippen molar-refractivity contribution in [1.82, 2.24) is 0 Å². The van der Waals surface area contributed by atoms with E-state index in [1.54, 1.807) is 0 Å². The fourth-order valence-electron chi connectivity index (χ4n) is 7.15. The summed E-state index contributed by atoms with van der Waals surface area (Å²) in [6.45, 7) is 6.34. The van der Waals surface area contributed by atoms with Crippen LogP contribution in [-0.4, -0.2) is 37.2 Å². The van der Waals surface area contributed by atoms with Crippen LogP contribution in [0.5, 0.6) is 0 Å². The molecule has 0 aliphatic heterocycles. The molecular formula is C59H98O6. The minimum atomic E-state index is -0.817. The zero-order valence-electron chi connectivity index (χ0n) is 42.2. The first-order valence-electron chi connectivity index (χ1n) is 26.7. The van der Waals surface area contributed by atoms with Gasteiger partial charge in [-0.1, -0.05) is 234 Å². The molecule has 6 heteroatoms. The Morgan fingerprint density at radius 1 is 0.323 bits per heavy atom. The number of carbonyl (C=O) groups excluding carboxylic acids is 3. The molecule has 1 atom stereocenters. The maximum absolute atomic E-state index is 12.8. The van der Waals surface area contributed by atoms with Crippen LogP contribution < -0.4 is 0 Å². The van der Waals surface area contributed by atoms with Crippen molar-refractivity contribution in [2.75, 3.05) is 13.2 Å². The minimum absolute atomic E-state index is 0.107. The molecule has 0 rings (SSSR count). The van der Waals surface area contributed by atoms with Gasteiger partial charge in [0.15, 0.2) is 6.10 Å². The summed E-state index contributed by atoms with van der Waals surface area (Å²) in [5.41, 5.74) is 0. The quantitative estimate of drug-likeness (QED) is 0.0262. The van der Waals surface area contributed by atoms with Crippen LogP contribution in [0.3, 0.4) is 0 Å². The molecule has 0 amide bonds. The second-order valence-electron chi connectivity index (χ2n) is 17.4. The van der Waals surface area contributed by atoms with Crippen LogP contribution in [0.25, 0.3) is 0 Å². The van der Waals surface area contributed by atoms with Gasteiger partial charge in [-0.3, -0.25) is 14.4 Å². The Labute approximate surface area is 400 Å². The van der Waals surface area contributed by atoms with Gasteiger partial charge in [-0.2, -0.15) is 0 Å². The lowest BCUT2D eigenvalue weighted by molar-refractivity contribution is -0.166. The third-order valence-corrected chi connectivity index (χ3v) is 11.1. The van der Waals surface area contributed by atoms with Gasteiger partial charge in [0.2, 0.25) is 0 Å². The molecule has 6 nitrogen and oxygen atoms in total. The van der Waals surface area contributed by atoms with Crippen LogP contribution in [0, 0.1) is 0 Å². The monoisotopic (exact) mass is 903 g/mol. The Balaban J connectivity index is 4.41. The number of hydrogen-bond donors (Lipinski definition) is 0. The molecule has 1 unspecified atom stereocenters. The summed E-state index contributed by atoms with van der Waals surface area (Å²) in [4.78, 5) is 38.0. The number of carbonyl (C=O) groups is 3. The SMILES string of the molecule is CC/C=C\C/C=C\C/C=C\C/C=C\CCCCCCCCCCC(=O)OCC(COC(=O)CCCCCCCCCCCCCCC)OC(=O)CC/C=C\C/C=C\C/C=C\C/C=C\CC. The predicted molar refractivity (Wildman–Crippen MR) is 279 cm³/mol. The largest absolute Gasteiger partial charge is 0.462 e. The summed E-state index contributed by atoms with van der Waals surface area (Å²) < 4.78 is 16.7. The highest BCUT2D eigenvalue weighted by atomic mass is 16.6. The van der Waals surface area contributed by atoms with Crippen molar-refractivity contribution in [1.29, 1.82) is 0 Å². The first-order valence-corrected chi connectivity index (χ1v) is 26.7. The molecule has 0 heterocycles. The lowest BCUT2D eigenvalue weighted by Crippen LogP contribution is -2.30. The minimum Gasteiger partial charge on any atom is -0.462 e. The van der Waals surface area contributed by atoms with Gasteiger partial charge >= 0.3 is 17.9 Å². The van der Waals surface area contributed by atoms with Crippen molar-refractivity contribution in [3.8, 4) is 0 Å². The molecule has 0 aromatic carbocycles. The Morgan fingerprint density at radius 3 is 1.00 bits per heavy atom. The maximum atomic E-state index is 12.8. The highest BCUT2D eigenvalue weighted by Crippen LogP contribution is 2.15. The predicted octanol–water partition coefficient (Wildman–Crippen LogP) is 17.8. The third kappa shape index (κ3) is 51.2. The van der Waals surface area contributed by atoms with Crippen molar-refractivity contribution >= 4 is 17.9 Å². The van der Waals surface area contributed by atoms with Gasteiger partial charge in [0.1, 0.15) is 13.2 Å². The van der Waals surface area contributed by atoms with Crippen LogP contribution in [0.2, 0.25) is 0 Å². The average molecular weight is 903 g/mol. The van der Waals surface area contributed by atoms with E-state index in [1.807, 2.05) is 12.2 Å². The summed E-state index contributed by atoms with van der Waals surface area (Å²) in [6, 6.07) is 0. The van der Waals surface area contributed by atoms with Crippen LogP contribution in [-0.2, 0) is 28.6 Å². The molecule has 0 saturated heterocycles. The molecule has 0 N–H and O–H groups in total. The molecule has 65 heavy (non-hydrogen) atoms. The first-order chi connectivity index (χ1) is 32.0. The number of esters is 3. The van der Waals surface area contributed by atoms with Crippen LogP contribution in [0.15, 0.2) is 97.2 Å². The second-order valence-corrected chi connectivity index (χ2v) is 17.4. The molecule has 0 bridgehead atoms. The molecule has 370 valence electrons. The zero-order chi connectivity index (χ0) is 47.2. The van der Waals surface area contributed by atoms with E-state index in [9.17, 15) is 14.4 Å². The topological polar surface area (TPSA) is 78.9 Å². The van der Waals surface area contributed by atoms with Gasteiger partial charge in [0.25, 0.3) is 0 Å². The Kier molecular flexibility index (Phi) is 50.0. The third-order valence-electron chi connectivity index (χ3n) is 11.1. The molecule has 0 aliphatic carbocycles. The lowest BCUT2D eigenvalue weighted by atomic mass is 10.0. The normalized spacial score (nSPS) is 12.8. The van der Waals surface area contributed by atoms with Gasteiger partial charge in [-0.15, -0.1) is 0 Å². The highest BCUT2D eigenvalue weighted by Gasteiger charge is 2.19.